The number of nitrogens with one attached hydrogen (secondary N) is 2. The maximum absolute atomic E-state index is 12.3. The van der Waals surface area contributed by atoms with Crippen molar-refractivity contribution in [2.75, 3.05) is 12.4 Å². The molecule has 2 saturated heterocycles. The number of hydrogen-bond donors (Lipinski definition) is 3. The van der Waals surface area contributed by atoms with Gasteiger partial charge in [0.05, 0.1) is 18.0 Å². The Hall–Kier alpha value is -2.10. The molecule has 2 fully saturated rings. The largest absolute Gasteiger partial charge is 0.382 e. The number of nitrogens with two attached hydrogens (primary N) is 1. The topological polar surface area (TPSA) is 156 Å². The minimum absolute atomic E-state index is 0.00932. The van der Waals surface area contributed by atoms with Crippen LogP contribution in [0.5, 0.6) is 0 Å². The molecule has 0 bridgehead atoms. The highest BCUT2D eigenvalue weighted by Gasteiger charge is 2.65. The van der Waals surface area contributed by atoms with Gasteiger partial charge in [-0.05, 0) is 32.4 Å². The lowest BCUT2D eigenvalue weighted by atomic mass is 9.93. The third-order valence-corrected chi connectivity index (χ3v) is 6.51. The van der Waals surface area contributed by atoms with Crippen molar-refractivity contribution in [1.82, 2.24) is 4.98 Å². The number of ether oxygens (including phenoxy) is 3. The molecule has 1 aromatic rings. The first-order valence-electron chi connectivity index (χ1n) is 10.7. The van der Waals surface area contributed by atoms with Crippen LogP contribution < -0.4 is 5.73 Å². The lowest BCUT2D eigenvalue weighted by molar-refractivity contribution is -0.203. The SMILES string of the molecule is CCCCCC[S@](=O)OC[C@H]1O[C@@](C#N)(c2ccc(/C(N)=N\C=N)[nH]2)[C@@H]2OC(C)(C)O[C@@H]21. The number of fused-ring (bicyclic) bond motifs is 1. The standard InChI is InChI=1S/C21H31N5O5S/c1-4-5-6-7-10-32(27)28-11-15-17-18(31-20(2,3)30-17)21(12-22,29-15)16-9-8-14(26-16)19(24)25-13-23/h8-9,13,15,17-18,26H,4-7,10-11H2,1-3H3,(H3,23,24,25)/t15-,17-,18-,21+,32-/m1/s1. The maximum atomic E-state index is 12.3. The number of unbranched alkanes of at least 4 members (excludes halogenated alkanes) is 3. The number of aromatic amines is 1. The Kier molecular flexibility index (Phi) is 7.84. The third kappa shape index (κ3) is 5.10. The molecule has 11 heteroatoms. The molecule has 0 amide bonds. The molecule has 2 aliphatic heterocycles. The average Bonchev–Trinajstić information content (AvgIpc) is 3.43. The molecule has 0 unspecified atom stereocenters. The Bertz CT molecular complexity index is 911. The number of aromatic nitrogens is 1. The minimum Gasteiger partial charge on any atom is -0.382 e. The monoisotopic (exact) mass is 465 g/mol. The van der Waals surface area contributed by atoms with Crippen LogP contribution >= 0.6 is 0 Å². The van der Waals surface area contributed by atoms with Crippen molar-refractivity contribution in [1.29, 1.82) is 10.7 Å². The summed E-state index contributed by atoms with van der Waals surface area (Å²) in [7, 11) is 0. The maximum Gasteiger partial charge on any atom is 0.223 e. The zero-order chi connectivity index (χ0) is 23.4. The molecule has 0 spiro atoms. The highest BCUT2D eigenvalue weighted by molar-refractivity contribution is 7.80. The molecule has 1 aromatic heterocycles. The van der Waals surface area contributed by atoms with Crippen LogP contribution in [-0.2, 0) is 35.1 Å². The van der Waals surface area contributed by atoms with E-state index in [1.54, 1.807) is 26.0 Å². The Morgan fingerprint density at radius 3 is 2.84 bits per heavy atom. The fourth-order valence-electron chi connectivity index (χ4n) is 3.99. The van der Waals surface area contributed by atoms with Crippen LogP contribution in [0.3, 0.4) is 0 Å². The van der Waals surface area contributed by atoms with Crippen LogP contribution in [0.15, 0.2) is 17.1 Å². The van der Waals surface area contributed by atoms with E-state index in [1.165, 1.54) is 0 Å². The number of amidine groups is 1. The predicted molar refractivity (Wildman–Crippen MR) is 119 cm³/mol. The first kappa shape index (κ1) is 24.5. The van der Waals surface area contributed by atoms with Crippen LogP contribution in [0.4, 0.5) is 0 Å². The van der Waals surface area contributed by atoms with E-state index in [0.717, 1.165) is 32.0 Å². The summed E-state index contributed by atoms with van der Waals surface area (Å²) in [5.41, 5.74) is 5.23. The van der Waals surface area contributed by atoms with Gasteiger partial charge >= 0.3 is 0 Å². The molecule has 10 nitrogen and oxygen atoms in total. The van der Waals surface area contributed by atoms with E-state index in [0.29, 0.717) is 17.1 Å². The fraction of sp³-hybridized carbons (Fsp3) is 0.667. The molecule has 0 radical (unpaired) electrons. The van der Waals surface area contributed by atoms with Crippen molar-refractivity contribution in [3.8, 4) is 6.07 Å². The van der Waals surface area contributed by atoms with Crippen molar-refractivity contribution in [2.24, 2.45) is 10.7 Å². The molecular weight excluding hydrogens is 434 g/mol. The van der Waals surface area contributed by atoms with Gasteiger partial charge in [-0.15, -0.1) is 0 Å². The van der Waals surface area contributed by atoms with E-state index in [1.807, 2.05) is 0 Å². The molecule has 2 aliphatic rings. The molecule has 0 aliphatic carbocycles. The summed E-state index contributed by atoms with van der Waals surface area (Å²) in [5, 5.41) is 17.3. The van der Waals surface area contributed by atoms with Gasteiger partial charge < -0.3 is 24.9 Å². The molecule has 0 aromatic carbocycles. The molecule has 176 valence electrons. The fourth-order valence-corrected chi connectivity index (χ4v) is 4.84. The zero-order valence-corrected chi connectivity index (χ0v) is 19.4. The summed E-state index contributed by atoms with van der Waals surface area (Å²) in [4.78, 5) is 6.80. The molecule has 0 saturated carbocycles. The number of hydrogen-bond acceptors (Lipinski definition) is 7. The first-order chi connectivity index (χ1) is 15.3. The van der Waals surface area contributed by atoms with Gasteiger partial charge in [-0.1, -0.05) is 26.2 Å². The van der Waals surface area contributed by atoms with Gasteiger partial charge in [0.25, 0.3) is 0 Å². The summed E-state index contributed by atoms with van der Waals surface area (Å²) in [6.07, 6.45) is 2.92. The van der Waals surface area contributed by atoms with Crippen molar-refractivity contribution < 1.29 is 22.6 Å². The van der Waals surface area contributed by atoms with Crippen molar-refractivity contribution in [3.05, 3.63) is 23.5 Å². The lowest BCUT2D eigenvalue weighted by Gasteiger charge is -2.28. The van der Waals surface area contributed by atoms with Crippen LogP contribution in [0.2, 0.25) is 0 Å². The molecule has 4 N–H and O–H groups in total. The van der Waals surface area contributed by atoms with E-state index >= 15 is 0 Å². The van der Waals surface area contributed by atoms with Gasteiger partial charge in [-0.3, -0.25) is 9.59 Å². The Morgan fingerprint density at radius 2 is 2.16 bits per heavy atom. The highest BCUT2D eigenvalue weighted by Crippen LogP contribution is 2.48. The van der Waals surface area contributed by atoms with Gasteiger partial charge in [0.15, 0.2) is 16.9 Å². The van der Waals surface area contributed by atoms with Gasteiger partial charge in [-0.2, -0.15) is 5.26 Å². The van der Waals surface area contributed by atoms with Crippen LogP contribution in [-0.4, -0.2) is 57.8 Å². The van der Waals surface area contributed by atoms with Gasteiger partial charge in [-0.25, -0.2) is 9.20 Å². The molecule has 3 heterocycles. The van der Waals surface area contributed by atoms with Gasteiger partial charge in [0.2, 0.25) is 5.60 Å². The minimum atomic E-state index is -1.50. The van der Waals surface area contributed by atoms with E-state index < -0.39 is 40.8 Å². The number of nitrogens with zero attached hydrogens (tertiary/aromatic N) is 2. The summed E-state index contributed by atoms with van der Waals surface area (Å²) < 4.78 is 36.1. The smallest absolute Gasteiger partial charge is 0.223 e. The third-order valence-electron chi connectivity index (χ3n) is 5.49. The normalized spacial score (nSPS) is 30.1. The van der Waals surface area contributed by atoms with Crippen molar-refractivity contribution >= 4 is 23.3 Å². The summed E-state index contributed by atoms with van der Waals surface area (Å²) in [6.45, 7) is 5.67. The Labute approximate surface area is 190 Å². The predicted octanol–water partition coefficient (Wildman–Crippen LogP) is 2.23. The zero-order valence-electron chi connectivity index (χ0n) is 18.6. The summed E-state index contributed by atoms with van der Waals surface area (Å²) >= 11 is -1.44. The number of H-pyrrole nitrogens is 1. The van der Waals surface area contributed by atoms with Crippen LogP contribution in [0, 0.1) is 16.7 Å². The molecular formula is C21H31N5O5S. The van der Waals surface area contributed by atoms with Gasteiger partial charge in [0, 0.05) is 5.75 Å². The number of nitriles is 1. The summed E-state index contributed by atoms with van der Waals surface area (Å²) in [6, 6.07) is 5.57. The van der Waals surface area contributed by atoms with Gasteiger partial charge in [0.1, 0.15) is 36.6 Å². The Balaban J connectivity index is 1.78. The lowest BCUT2D eigenvalue weighted by Crippen LogP contribution is -2.40. The number of rotatable bonds is 11. The van der Waals surface area contributed by atoms with E-state index in [2.05, 4.69) is 23.0 Å². The molecule has 32 heavy (non-hydrogen) atoms. The van der Waals surface area contributed by atoms with Crippen LogP contribution in [0.1, 0.15) is 57.8 Å². The average molecular weight is 466 g/mol. The quantitative estimate of drug-likeness (QED) is 0.257. The van der Waals surface area contributed by atoms with Crippen LogP contribution in [0.25, 0.3) is 0 Å². The summed E-state index contributed by atoms with van der Waals surface area (Å²) in [5.74, 6) is -0.357. The second-order valence-electron chi connectivity index (χ2n) is 8.31. The van der Waals surface area contributed by atoms with Crippen molar-refractivity contribution in [2.45, 2.75) is 76.2 Å². The highest BCUT2D eigenvalue weighted by atomic mass is 32.2. The van der Waals surface area contributed by atoms with E-state index in [9.17, 15) is 9.47 Å². The van der Waals surface area contributed by atoms with E-state index in [4.69, 9.17) is 29.5 Å². The first-order valence-corrected chi connectivity index (χ1v) is 12.0. The number of aliphatic imine (C=N–C) groups is 1. The molecule has 3 rings (SSSR count). The second kappa shape index (κ2) is 10.2. The van der Waals surface area contributed by atoms with Crippen molar-refractivity contribution in [3.63, 3.8) is 0 Å². The van der Waals surface area contributed by atoms with E-state index in [-0.39, 0.29) is 12.4 Å². The Morgan fingerprint density at radius 1 is 1.38 bits per heavy atom. The molecule has 5 atom stereocenters. The second-order valence-corrected chi connectivity index (χ2v) is 9.56.